The molecule has 1 fully saturated rings. The highest BCUT2D eigenvalue weighted by Crippen LogP contribution is 2.16. The number of urea groups is 1. The Hall–Kier alpha value is -2.05. The van der Waals surface area contributed by atoms with E-state index in [0.29, 0.717) is 32.5 Å². The Balaban J connectivity index is 1.77. The number of nitrogens with zero attached hydrogens (tertiary/aromatic N) is 3. The van der Waals surface area contributed by atoms with Gasteiger partial charge in [-0.05, 0) is 18.9 Å². The number of amides is 2. The minimum atomic E-state index is -0.822. The number of piperidine rings is 1. The number of carbonyl (C=O) groups excluding carboxylic acids is 1. The van der Waals surface area contributed by atoms with Crippen molar-refractivity contribution in [3.8, 4) is 0 Å². The monoisotopic (exact) mass is 280 g/mol. The van der Waals surface area contributed by atoms with E-state index in [4.69, 9.17) is 5.11 Å². The summed E-state index contributed by atoms with van der Waals surface area (Å²) in [6, 6.07) is 1.73. The summed E-state index contributed by atoms with van der Waals surface area (Å²) in [5.74, 6) is -1.26. The zero-order chi connectivity index (χ0) is 14.5. The number of aromatic nitrogens is 2. The van der Waals surface area contributed by atoms with Gasteiger partial charge < -0.3 is 15.3 Å². The third-order valence-electron chi connectivity index (χ3n) is 3.64. The van der Waals surface area contributed by atoms with Crippen molar-refractivity contribution in [3.63, 3.8) is 0 Å². The van der Waals surface area contributed by atoms with Crippen molar-refractivity contribution in [2.45, 2.75) is 19.3 Å². The van der Waals surface area contributed by atoms with Gasteiger partial charge in [-0.1, -0.05) is 0 Å². The van der Waals surface area contributed by atoms with Crippen molar-refractivity contribution in [1.82, 2.24) is 20.0 Å². The molecule has 2 amide bonds. The first-order chi connectivity index (χ1) is 9.58. The summed E-state index contributed by atoms with van der Waals surface area (Å²) in [5.41, 5.74) is 1.05. The lowest BCUT2D eigenvalue weighted by atomic mass is 9.99. The summed E-state index contributed by atoms with van der Waals surface area (Å²) >= 11 is 0. The molecule has 7 nitrogen and oxygen atoms in total. The van der Waals surface area contributed by atoms with E-state index in [1.165, 1.54) is 0 Å². The minimum absolute atomic E-state index is 0.182. The summed E-state index contributed by atoms with van der Waals surface area (Å²) in [5, 5.41) is 15.9. The molecule has 1 atom stereocenters. The van der Waals surface area contributed by atoms with Crippen molar-refractivity contribution in [2.75, 3.05) is 19.6 Å². The lowest BCUT2D eigenvalue weighted by molar-refractivity contribution is -0.143. The Morgan fingerprint density at radius 2 is 2.35 bits per heavy atom. The standard InChI is InChI=1S/C13H20N4O3/c1-16-11(5-7-15-16)4-6-14-13(20)17-8-2-3-10(9-17)12(18)19/h5,7,10H,2-4,6,8-9H2,1H3,(H,14,20)(H,18,19)/t10-/m1/s1. The lowest BCUT2D eigenvalue weighted by Crippen LogP contribution is -2.47. The largest absolute Gasteiger partial charge is 0.481 e. The number of carboxylic acid groups (broad SMARTS) is 1. The zero-order valence-corrected chi connectivity index (χ0v) is 11.6. The predicted octanol–water partition coefficient (Wildman–Crippen LogP) is 0.469. The summed E-state index contributed by atoms with van der Waals surface area (Å²) in [6.45, 7) is 1.45. The van der Waals surface area contributed by atoms with Gasteiger partial charge in [0.1, 0.15) is 0 Å². The maximum atomic E-state index is 12.0. The molecule has 1 aromatic heterocycles. The van der Waals surface area contributed by atoms with Crippen LogP contribution < -0.4 is 5.32 Å². The van der Waals surface area contributed by atoms with Gasteiger partial charge in [-0.3, -0.25) is 9.48 Å². The summed E-state index contributed by atoms with van der Waals surface area (Å²) < 4.78 is 1.77. The molecular formula is C13H20N4O3. The Kier molecular flexibility index (Phi) is 4.60. The molecule has 1 aliphatic rings. The van der Waals surface area contributed by atoms with Gasteiger partial charge in [0.15, 0.2) is 0 Å². The van der Waals surface area contributed by atoms with E-state index in [0.717, 1.165) is 12.1 Å². The molecule has 1 saturated heterocycles. The molecule has 110 valence electrons. The molecule has 0 saturated carbocycles. The molecule has 1 aliphatic heterocycles. The van der Waals surface area contributed by atoms with E-state index in [2.05, 4.69) is 10.4 Å². The SMILES string of the molecule is Cn1nccc1CCNC(=O)N1CCC[C@@H](C(=O)O)C1. The van der Waals surface area contributed by atoms with Crippen LogP contribution in [0.5, 0.6) is 0 Å². The molecule has 0 spiro atoms. The third kappa shape index (κ3) is 3.49. The van der Waals surface area contributed by atoms with Crippen LogP contribution in [0.15, 0.2) is 12.3 Å². The third-order valence-corrected chi connectivity index (χ3v) is 3.64. The summed E-state index contributed by atoms with van der Waals surface area (Å²) in [4.78, 5) is 24.5. The molecule has 2 heterocycles. The van der Waals surface area contributed by atoms with Crippen molar-refractivity contribution in [1.29, 1.82) is 0 Å². The number of hydrogen-bond donors (Lipinski definition) is 2. The summed E-state index contributed by atoms with van der Waals surface area (Å²) in [7, 11) is 1.86. The van der Waals surface area contributed by atoms with E-state index in [1.807, 2.05) is 13.1 Å². The molecule has 0 aliphatic carbocycles. The smallest absolute Gasteiger partial charge is 0.317 e. The Labute approximate surface area is 117 Å². The quantitative estimate of drug-likeness (QED) is 0.839. The van der Waals surface area contributed by atoms with Gasteiger partial charge in [0.2, 0.25) is 0 Å². The topological polar surface area (TPSA) is 87.5 Å². The van der Waals surface area contributed by atoms with Gasteiger partial charge >= 0.3 is 12.0 Å². The molecule has 2 rings (SSSR count). The molecule has 0 unspecified atom stereocenters. The van der Waals surface area contributed by atoms with Gasteiger partial charge in [-0.25, -0.2) is 4.79 Å². The van der Waals surface area contributed by atoms with E-state index in [1.54, 1.807) is 15.8 Å². The van der Waals surface area contributed by atoms with Crippen molar-refractivity contribution >= 4 is 12.0 Å². The molecule has 1 aromatic rings. The molecule has 20 heavy (non-hydrogen) atoms. The van der Waals surface area contributed by atoms with Gasteiger partial charge in [-0.15, -0.1) is 0 Å². The van der Waals surface area contributed by atoms with E-state index < -0.39 is 11.9 Å². The van der Waals surface area contributed by atoms with E-state index in [9.17, 15) is 9.59 Å². The molecule has 0 aromatic carbocycles. The van der Waals surface area contributed by atoms with Crippen LogP contribution in [-0.4, -0.2) is 51.4 Å². The fraction of sp³-hybridized carbons (Fsp3) is 0.615. The molecular weight excluding hydrogens is 260 g/mol. The van der Waals surface area contributed by atoms with Crippen LogP contribution in [0.3, 0.4) is 0 Å². The number of aryl methyl sites for hydroxylation is 1. The highest BCUT2D eigenvalue weighted by Gasteiger charge is 2.27. The van der Waals surface area contributed by atoms with Gasteiger partial charge in [-0.2, -0.15) is 5.10 Å². The Morgan fingerprint density at radius 3 is 3.00 bits per heavy atom. The van der Waals surface area contributed by atoms with Crippen molar-refractivity contribution < 1.29 is 14.7 Å². The fourth-order valence-electron chi connectivity index (χ4n) is 2.42. The number of carbonyl (C=O) groups is 2. The van der Waals surface area contributed by atoms with Crippen LogP contribution in [0.2, 0.25) is 0 Å². The highest BCUT2D eigenvalue weighted by atomic mass is 16.4. The maximum absolute atomic E-state index is 12.0. The Bertz CT molecular complexity index is 486. The first-order valence-corrected chi connectivity index (χ1v) is 6.80. The maximum Gasteiger partial charge on any atom is 0.317 e. The van der Waals surface area contributed by atoms with Gasteiger partial charge in [0, 0.05) is 45.0 Å². The van der Waals surface area contributed by atoms with Crippen LogP contribution in [-0.2, 0) is 18.3 Å². The van der Waals surface area contributed by atoms with E-state index >= 15 is 0 Å². The van der Waals surface area contributed by atoms with Crippen LogP contribution in [0.25, 0.3) is 0 Å². The number of carboxylic acids is 1. The molecule has 0 bridgehead atoms. The number of hydrogen-bond acceptors (Lipinski definition) is 3. The molecule has 2 N–H and O–H groups in total. The average Bonchev–Trinajstić information content (AvgIpc) is 2.84. The molecule has 7 heteroatoms. The van der Waals surface area contributed by atoms with Crippen LogP contribution in [0.4, 0.5) is 4.79 Å². The van der Waals surface area contributed by atoms with Crippen molar-refractivity contribution in [3.05, 3.63) is 18.0 Å². The fourth-order valence-corrected chi connectivity index (χ4v) is 2.42. The van der Waals surface area contributed by atoms with Crippen molar-refractivity contribution in [2.24, 2.45) is 13.0 Å². The second-order valence-corrected chi connectivity index (χ2v) is 5.05. The summed E-state index contributed by atoms with van der Waals surface area (Å²) in [6.07, 6.45) is 3.82. The average molecular weight is 280 g/mol. The zero-order valence-electron chi connectivity index (χ0n) is 11.6. The number of rotatable bonds is 4. The van der Waals surface area contributed by atoms with E-state index in [-0.39, 0.29) is 6.03 Å². The highest BCUT2D eigenvalue weighted by molar-refractivity contribution is 5.76. The molecule has 0 radical (unpaired) electrons. The normalized spacial score (nSPS) is 18.9. The Morgan fingerprint density at radius 1 is 1.55 bits per heavy atom. The van der Waals surface area contributed by atoms with Crippen LogP contribution in [0.1, 0.15) is 18.5 Å². The van der Waals surface area contributed by atoms with Crippen LogP contribution in [0, 0.1) is 5.92 Å². The lowest BCUT2D eigenvalue weighted by Gasteiger charge is -2.30. The minimum Gasteiger partial charge on any atom is -0.481 e. The predicted molar refractivity (Wildman–Crippen MR) is 72.2 cm³/mol. The number of nitrogens with one attached hydrogen (secondary N) is 1. The second kappa shape index (κ2) is 6.40. The first kappa shape index (κ1) is 14.4. The first-order valence-electron chi connectivity index (χ1n) is 6.80. The second-order valence-electron chi connectivity index (χ2n) is 5.05. The number of aliphatic carboxylic acids is 1. The van der Waals surface area contributed by atoms with Gasteiger partial charge in [0.05, 0.1) is 5.92 Å². The number of likely N-dealkylation sites (tertiary alicyclic amines) is 1. The van der Waals surface area contributed by atoms with Crippen LogP contribution >= 0.6 is 0 Å². The van der Waals surface area contributed by atoms with Gasteiger partial charge in [0.25, 0.3) is 0 Å².